The molecule has 0 aliphatic carbocycles. The van der Waals surface area contributed by atoms with Crippen molar-refractivity contribution in [2.45, 2.75) is 17.7 Å². The SMILES string of the molecule is Cn1cc(S(=O)(=O)N2CCCN(C(=O)Cc3cccs3)CC2)cn1. The van der Waals surface area contributed by atoms with E-state index in [1.165, 1.54) is 21.4 Å². The van der Waals surface area contributed by atoms with Crippen LogP contribution in [0.15, 0.2) is 34.8 Å². The van der Waals surface area contributed by atoms with E-state index in [-0.39, 0.29) is 10.8 Å². The minimum atomic E-state index is -3.55. The van der Waals surface area contributed by atoms with Gasteiger partial charge in [-0.3, -0.25) is 9.48 Å². The van der Waals surface area contributed by atoms with Gasteiger partial charge in [0.1, 0.15) is 4.90 Å². The quantitative estimate of drug-likeness (QED) is 0.805. The number of amides is 1. The summed E-state index contributed by atoms with van der Waals surface area (Å²) in [6, 6.07) is 3.87. The first-order valence-corrected chi connectivity index (χ1v) is 10.1. The maximum Gasteiger partial charge on any atom is 0.246 e. The molecule has 1 aliphatic rings. The summed E-state index contributed by atoms with van der Waals surface area (Å²) < 4.78 is 28.2. The number of carbonyl (C=O) groups is 1. The smallest absolute Gasteiger partial charge is 0.246 e. The van der Waals surface area contributed by atoms with Crippen LogP contribution in [-0.4, -0.2) is 59.5 Å². The molecule has 0 unspecified atom stereocenters. The Labute approximate surface area is 145 Å². The standard InChI is InChI=1S/C15H20N4O3S2/c1-17-12-14(11-16-17)24(21,22)19-6-3-5-18(7-8-19)15(20)10-13-4-2-9-23-13/h2,4,9,11-12H,3,5-8,10H2,1H3. The molecule has 0 saturated carbocycles. The predicted octanol–water partition coefficient (Wildman–Crippen LogP) is 0.947. The first-order valence-electron chi connectivity index (χ1n) is 7.76. The fraction of sp³-hybridized carbons (Fsp3) is 0.467. The number of thiophene rings is 1. The van der Waals surface area contributed by atoms with Gasteiger partial charge in [0, 0.05) is 44.3 Å². The third-order valence-electron chi connectivity index (χ3n) is 4.03. The van der Waals surface area contributed by atoms with Gasteiger partial charge in [-0.05, 0) is 17.9 Å². The second kappa shape index (κ2) is 7.04. The van der Waals surface area contributed by atoms with E-state index in [0.29, 0.717) is 39.0 Å². The molecule has 0 bridgehead atoms. The molecule has 0 radical (unpaired) electrons. The largest absolute Gasteiger partial charge is 0.341 e. The third-order valence-corrected chi connectivity index (χ3v) is 6.76. The van der Waals surface area contributed by atoms with Crippen molar-refractivity contribution in [3.05, 3.63) is 34.8 Å². The van der Waals surface area contributed by atoms with E-state index >= 15 is 0 Å². The van der Waals surface area contributed by atoms with E-state index < -0.39 is 10.0 Å². The van der Waals surface area contributed by atoms with E-state index in [9.17, 15) is 13.2 Å². The fourth-order valence-electron chi connectivity index (χ4n) is 2.74. The zero-order valence-electron chi connectivity index (χ0n) is 13.5. The van der Waals surface area contributed by atoms with Gasteiger partial charge in [0.2, 0.25) is 15.9 Å². The Hall–Kier alpha value is -1.71. The molecule has 2 aromatic heterocycles. The molecule has 1 amide bonds. The van der Waals surface area contributed by atoms with E-state index in [1.54, 1.807) is 23.3 Å². The second-order valence-corrected chi connectivity index (χ2v) is 8.71. The first kappa shape index (κ1) is 17.1. The molecule has 1 aliphatic heterocycles. The normalized spacial score (nSPS) is 17.0. The molecule has 2 aromatic rings. The summed E-state index contributed by atoms with van der Waals surface area (Å²) in [5.74, 6) is 0.0538. The molecular formula is C15H20N4O3S2. The molecule has 1 saturated heterocycles. The zero-order valence-corrected chi connectivity index (χ0v) is 15.1. The molecule has 0 aromatic carbocycles. The van der Waals surface area contributed by atoms with Gasteiger partial charge in [0.25, 0.3) is 0 Å². The molecule has 130 valence electrons. The molecule has 0 atom stereocenters. The summed E-state index contributed by atoms with van der Waals surface area (Å²) in [5, 5.41) is 5.89. The summed E-state index contributed by atoms with van der Waals surface area (Å²) in [6.07, 6.45) is 3.88. The highest BCUT2D eigenvalue weighted by Crippen LogP contribution is 2.18. The molecule has 0 spiro atoms. The monoisotopic (exact) mass is 368 g/mol. The molecule has 24 heavy (non-hydrogen) atoms. The lowest BCUT2D eigenvalue weighted by atomic mass is 10.3. The van der Waals surface area contributed by atoms with Gasteiger partial charge in [0.15, 0.2) is 0 Å². The Balaban J connectivity index is 1.65. The number of nitrogens with zero attached hydrogens (tertiary/aromatic N) is 4. The molecular weight excluding hydrogens is 348 g/mol. The van der Waals surface area contributed by atoms with Gasteiger partial charge >= 0.3 is 0 Å². The average Bonchev–Trinajstić information content (AvgIpc) is 3.13. The topological polar surface area (TPSA) is 75.5 Å². The van der Waals surface area contributed by atoms with Crippen molar-refractivity contribution in [3.63, 3.8) is 0 Å². The van der Waals surface area contributed by atoms with Gasteiger partial charge in [-0.15, -0.1) is 11.3 Å². The molecule has 3 heterocycles. The number of aryl methyl sites for hydroxylation is 1. The van der Waals surface area contributed by atoms with Crippen molar-refractivity contribution in [1.29, 1.82) is 0 Å². The Bertz CT molecular complexity index is 799. The van der Waals surface area contributed by atoms with Crippen molar-refractivity contribution in [2.75, 3.05) is 26.2 Å². The first-order chi connectivity index (χ1) is 11.5. The van der Waals surface area contributed by atoms with Crippen molar-refractivity contribution in [1.82, 2.24) is 19.0 Å². The number of carbonyl (C=O) groups excluding carboxylic acids is 1. The number of hydrogen-bond acceptors (Lipinski definition) is 5. The lowest BCUT2D eigenvalue weighted by molar-refractivity contribution is -0.130. The average molecular weight is 368 g/mol. The summed E-state index contributed by atoms with van der Waals surface area (Å²) >= 11 is 1.56. The Morgan fingerprint density at radius 2 is 2.12 bits per heavy atom. The van der Waals surface area contributed by atoms with Crippen LogP contribution in [0.2, 0.25) is 0 Å². The molecule has 0 N–H and O–H groups in total. The van der Waals surface area contributed by atoms with Gasteiger partial charge in [-0.25, -0.2) is 8.42 Å². The fourth-order valence-corrected chi connectivity index (χ4v) is 4.89. The van der Waals surface area contributed by atoms with Crippen LogP contribution >= 0.6 is 11.3 Å². The number of rotatable bonds is 4. The maximum atomic E-state index is 12.7. The highest BCUT2D eigenvalue weighted by Gasteiger charge is 2.29. The molecule has 3 rings (SSSR count). The lowest BCUT2D eigenvalue weighted by Gasteiger charge is -2.21. The minimum Gasteiger partial charge on any atom is -0.341 e. The van der Waals surface area contributed by atoms with E-state index in [0.717, 1.165) is 4.88 Å². The van der Waals surface area contributed by atoms with Crippen LogP contribution < -0.4 is 0 Å². The van der Waals surface area contributed by atoms with Gasteiger partial charge < -0.3 is 4.90 Å². The summed E-state index contributed by atoms with van der Waals surface area (Å²) in [4.78, 5) is 15.4. The van der Waals surface area contributed by atoms with Crippen LogP contribution in [0.25, 0.3) is 0 Å². The van der Waals surface area contributed by atoms with E-state index in [1.807, 2.05) is 17.5 Å². The minimum absolute atomic E-state index is 0.0538. The highest BCUT2D eigenvalue weighted by molar-refractivity contribution is 7.89. The van der Waals surface area contributed by atoms with Crippen LogP contribution in [0.5, 0.6) is 0 Å². The van der Waals surface area contributed by atoms with Crippen molar-refractivity contribution < 1.29 is 13.2 Å². The molecule has 7 nitrogen and oxygen atoms in total. The summed E-state index contributed by atoms with van der Waals surface area (Å²) in [6.45, 7) is 1.74. The second-order valence-electron chi connectivity index (χ2n) is 5.74. The van der Waals surface area contributed by atoms with E-state index in [4.69, 9.17) is 0 Å². The van der Waals surface area contributed by atoms with Crippen molar-refractivity contribution >= 4 is 27.3 Å². The van der Waals surface area contributed by atoms with Crippen LogP contribution in [0.3, 0.4) is 0 Å². The number of aromatic nitrogens is 2. The predicted molar refractivity (Wildman–Crippen MR) is 91.2 cm³/mol. The highest BCUT2D eigenvalue weighted by atomic mass is 32.2. The van der Waals surface area contributed by atoms with Crippen molar-refractivity contribution in [2.24, 2.45) is 7.05 Å². The van der Waals surface area contributed by atoms with Crippen LogP contribution in [0.4, 0.5) is 0 Å². The number of sulfonamides is 1. The Kier molecular flexibility index (Phi) is 5.02. The summed E-state index contributed by atoms with van der Waals surface area (Å²) in [7, 11) is -1.86. The van der Waals surface area contributed by atoms with Gasteiger partial charge in [-0.1, -0.05) is 6.07 Å². The van der Waals surface area contributed by atoms with Crippen molar-refractivity contribution in [3.8, 4) is 0 Å². The number of hydrogen-bond donors (Lipinski definition) is 0. The molecule has 1 fully saturated rings. The maximum absolute atomic E-state index is 12.7. The zero-order chi connectivity index (χ0) is 17.2. The third kappa shape index (κ3) is 3.68. The van der Waals surface area contributed by atoms with E-state index in [2.05, 4.69) is 5.10 Å². The van der Waals surface area contributed by atoms with Crippen LogP contribution in [-0.2, 0) is 28.3 Å². The van der Waals surface area contributed by atoms with Crippen LogP contribution in [0.1, 0.15) is 11.3 Å². The van der Waals surface area contributed by atoms with Crippen LogP contribution in [0, 0.1) is 0 Å². The Morgan fingerprint density at radius 3 is 2.79 bits per heavy atom. The van der Waals surface area contributed by atoms with Gasteiger partial charge in [0.05, 0.1) is 12.6 Å². The summed E-state index contributed by atoms with van der Waals surface area (Å²) in [5.41, 5.74) is 0. The molecule has 9 heteroatoms. The lowest BCUT2D eigenvalue weighted by Crippen LogP contribution is -2.37. The van der Waals surface area contributed by atoms with Gasteiger partial charge in [-0.2, -0.15) is 9.40 Å². The Morgan fingerprint density at radius 1 is 1.29 bits per heavy atom.